The predicted octanol–water partition coefficient (Wildman–Crippen LogP) is 0.599. The maximum absolute atomic E-state index is 12.4. The van der Waals surface area contributed by atoms with Gasteiger partial charge < -0.3 is 14.8 Å². The van der Waals surface area contributed by atoms with Crippen molar-refractivity contribution in [1.29, 1.82) is 0 Å². The highest BCUT2D eigenvalue weighted by Gasteiger charge is 2.26. The Morgan fingerprint density at radius 2 is 2.05 bits per heavy atom. The number of carbonyl (C=O) groups is 1. The van der Waals surface area contributed by atoms with Gasteiger partial charge in [-0.1, -0.05) is 6.92 Å². The third-order valence-electron chi connectivity index (χ3n) is 2.99. The number of aromatic nitrogens is 1. The van der Waals surface area contributed by atoms with Crippen LogP contribution in [0.4, 0.5) is 0 Å². The van der Waals surface area contributed by atoms with Gasteiger partial charge in [0.1, 0.15) is 10.6 Å². The molecule has 0 atom stereocenters. The second-order valence-corrected chi connectivity index (χ2v) is 6.16. The third-order valence-corrected chi connectivity index (χ3v) is 4.93. The Kier molecular flexibility index (Phi) is 5.73. The summed E-state index contributed by atoms with van der Waals surface area (Å²) in [5.41, 5.74) is -0.0516. The molecule has 0 aliphatic heterocycles. The molecule has 0 aliphatic carbocycles. The zero-order valence-electron chi connectivity index (χ0n) is 11.6. The number of carboxylic acid groups (broad SMARTS) is 1. The first-order valence-electron chi connectivity index (χ1n) is 6.42. The van der Waals surface area contributed by atoms with E-state index in [1.165, 1.54) is 21.1 Å². The van der Waals surface area contributed by atoms with Crippen LogP contribution in [0.1, 0.15) is 30.8 Å². The lowest BCUT2D eigenvalue weighted by atomic mass is 10.4. The van der Waals surface area contributed by atoms with E-state index >= 15 is 0 Å². The minimum atomic E-state index is -3.73. The second-order valence-electron chi connectivity index (χ2n) is 4.23. The van der Waals surface area contributed by atoms with Gasteiger partial charge in [-0.3, -0.25) is 0 Å². The van der Waals surface area contributed by atoms with E-state index in [-0.39, 0.29) is 30.3 Å². The molecule has 0 spiro atoms. The van der Waals surface area contributed by atoms with Crippen LogP contribution in [0.2, 0.25) is 0 Å². The van der Waals surface area contributed by atoms with Crippen LogP contribution in [0.3, 0.4) is 0 Å². The number of aromatic carboxylic acids is 1. The minimum Gasteiger partial charge on any atom is -0.477 e. The van der Waals surface area contributed by atoms with Crippen molar-refractivity contribution in [2.24, 2.45) is 0 Å². The quantitative estimate of drug-likeness (QED) is 0.732. The largest absolute Gasteiger partial charge is 0.477 e. The van der Waals surface area contributed by atoms with E-state index in [0.717, 1.165) is 0 Å². The maximum atomic E-state index is 12.4. The fraction of sp³-hybridized carbons (Fsp3) is 0.583. The number of hydrogen-bond donors (Lipinski definition) is 2. The SMILES string of the molecule is CCN(CCCO)S(=O)(=O)c1cc(C(=O)O)n(CC)c1. The first-order chi connectivity index (χ1) is 9.38. The number of aliphatic hydroxyl groups excluding tert-OH is 1. The highest BCUT2D eigenvalue weighted by Crippen LogP contribution is 2.19. The van der Waals surface area contributed by atoms with Crippen LogP contribution in [0.15, 0.2) is 17.2 Å². The first-order valence-corrected chi connectivity index (χ1v) is 7.86. The van der Waals surface area contributed by atoms with E-state index in [9.17, 15) is 13.2 Å². The molecule has 1 aromatic heterocycles. The standard InChI is InChI=1S/C12H20N2O5S/c1-3-13-9-10(8-11(13)12(16)17)20(18,19)14(4-2)6-5-7-15/h8-9,15H,3-7H2,1-2H3,(H,16,17). The van der Waals surface area contributed by atoms with E-state index in [1.54, 1.807) is 13.8 Å². The zero-order valence-corrected chi connectivity index (χ0v) is 12.4. The molecule has 0 fully saturated rings. The van der Waals surface area contributed by atoms with Crippen LogP contribution in [0.25, 0.3) is 0 Å². The summed E-state index contributed by atoms with van der Waals surface area (Å²) >= 11 is 0. The summed E-state index contributed by atoms with van der Waals surface area (Å²) in [5, 5.41) is 17.9. The molecule has 0 unspecified atom stereocenters. The third kappa shape index (κ3) is 3.38. The topological polar surface area (TPSA) is 99.8 Å². The normalized spacial score (nSPS) is 12.0. The average molecular weight is 304 g/mol. The lowest BCUT2D eigenvalue weighted by Crippen LogP contribution is -2.32. The smallest absolute Gasteiger partial charge is 0.352 e. The number of hydrogen-bond acceptors (Lipinski definition) is 4. The molecule has 0 saturated heterocycles. The van der Waals surface area contributed by atoms with Crippen LogP contribution in [0.5, 0.6) is 0 Å². The van der Waals surface area contributed by atoms with Gasteiger partial charge in [0.05, 0.1) is 0 Å². The number of nitrogens with zero attached hydrogens (tertiary/aromatic N) is 2. The van der Waals surface area contributed by atoms with Crippen LogP contribution >= 0.6 is 0 Å². The minimum absolute atomic E-state index is 0.0310. The molecule has 0 radical (unpaired) electrons. The van der Waals surface area contributed by atoms with Gasteiger partial charge in [-0.05, 0) is 19.4 Å². The average Bonchev–Trinajstić information content (AvgIpc) is 2.84. The van der Waals surface area contributed by atoms with E-state index in [1.807, 2.05) is 0 Å². The molecule has 0 amide bonds. The summed E-state index contributed by atoms with van der Waals surface area (Å²) in [5.74, 6) is -1.16. The van der Waals surface area contributed by atoms with Crippen LogP contribution in [0, 0.1) is 0 Å². The molecule has 1 aromatic rings. The van der Waals surface area contributed by atoms with Crippen molar-refractivity contribution < 1.29 is 23.4 Å². The van der Waals surface area contributed by atoms with E-state index < -0.39 is 16.0 Å². The summed E-state index contributed by atoms with van der Waals surface area (Å²) in [6.07, 6.45) is 1.67. The zero-order chi connectivity index (χ0) is 15.3. The van der Waals surface area contributed by atoms with Gasteiger partial charge in [-0.15, -0.1) is 0 Å². The van der Waals surface area contributed by atoms with E-state index in [2.05, 4.69) is 0 Å². The molecule has 0 bridgehead atoms. The van der Waals surface area contributed by atoms with Crippen molar-refractivity contribution in [3.8, 4) is 0 Å². The van der Waals surface area contributed by atoms with Gasteiger partial charge in [-0.2, -0.15) is 4.31 Å². The molecular weight excluding hydrogens is 284 g/mol. The Bertz CT molecular complexity index is 564. The Hall–Kier alpha value is -1.38. The molecule has 2 N–H and O–H groups in total. The molecule has 1 heterocycles. The predicted molar refractivity (Wildman–Crippen MR) is 73.2 cm³/mol. The Balaban J connectivity index is 3.17. The van der Waals surface area contributed by atoms with Crippen LogP contribution < -0.4 is 0 Å². The first kappa shape index (κ1) is 16.7. The van der Waals surface area contributed by atoms with Crippen LogP contribution in [-0.2, 0) is 16.6 Å². The molecule has 20 heavy (non-hydrogen) atoms. The van der Waals surface area contributed by atoms with Crippen molar-refractivity contribution in [3.05, 3.63) is 18.0 Å². The molecule has 1 rings (SSSR count). The molecule has 7 nitrogen and oxygen atoms in total. The van der Waals surface area contributed by atoms with Crippen molar-refractivity contribution >= 4 is 16.0 Å². The van der Waals surface area contributed by atoms with Gasteiger partial charge in [0.25, 0.3) is 0 Å². The van der Waals surface area contributed by atoms with Crippen molar-refractivity contribution in [2.75, 3.05) is 19.7 Å². The summed E-state index contributed by atoms with van der Waals surface area (Å²) in [4.78, 5) is 11.0. The molecule has 114 valence electrons. The van der Waals surface area contributed by atoms with Crippen molar-refractivity contribution in [3.63, 3.8) is 0 Å². The molecule has 0 saturated carbocycles. The monoisotopic (exact) mass is 304 g/mol. The van der Waals surface area contributed by atoms with E-state index in [4.69, 9.17) is 10.2 Å². The van der Waals surface area contributed by atoms with Gasteiger partial charge in [0, 0.05) is 32.4 Å². The van der Waals surface area contributed by atoms with Crippen molar-refractivity contribution in [2.45, 2.75) is 31.7 Å². The van der Waals surface area contributed by atoms with Gasteiger partial charge in [-0.25, -0.2) is 13.2 Å². The van der Waals surface area contributed by atoms with Crippen LogP contribution in [-0.4, -0.2) is 53.2 Å². The number of carboxylic acids is 1. The summed E-state index contributed by atoms with van der Waals surface area (Å²) in [6, 6.07) is 1.17. The molecular formula is C12H20N2O5S. The second kappa shape index (κ2) is 6.87. The van der Waals surface area contributed by atoms with Crippen molar-refractivity contribution in [1.82, 2.24) is 8.87 Å². The Labute approximate surface area is 118 Å². The number of sulfonamides is 1. The maximum Gasteiger partial charge on any atom is 0.352 e. The summed E-state index contributed by atoms with van der Waals surface area (Å²) in [7, 11) is -3.73. The number of rotatable bonds is 8. The Morgan fingerprint density at radius 3 is 2.45 bits per heavy atom. The van der Waals surface area contributed by atoms with E-state index in [0.29, 0.717) is 13.0 Å². The number of aliphatic hydroxyl groups is 1. The highest BCUT2D eigenvalue weighted by atomic mass is 32.2. The van der Waals surface area contributed by atoms with Gasteiger partial charge >= 0.3 is 5.97 Å². The van der Waals surface area contributed by atoms with Gasteiger partial charge in [0.2, 0.25) is 10.0 Å². The Morgan fingerprint density at radius 1 is 1.40 bits per heavy atom. The molecule has 8 heteroatoms. The lowest BCUT2D eigenvalue weighted by molar-refractivity contribution is 0.0685. The van der Waals surface area contributed by atoms with Gasteiger partial charge in [0.15, 0.2) is 0 Å². The molecule has 0 aliphatic rings. The summed E-state index contributed by atoms with van der Waals surface area (Å²) < 4.78 is 27.4. The highest BCUT2D eigenvalue weighted by molar-refractivity contribution is 7.89. The lowest BCUT2D eigenvalue weighted by Gasteiger charge is -2.19. The number of aryl methyl sites for hydroxylation is 1. The summed E-state index contributed by atoms with van der Waals surface area (Å²) in [6.45, 7) is 4.19. The molecule has 0 aromatic carbocycles. The fourth-order valence-corrected chi connectivity index (χ4v) is 3.44. The fourth-order valence-electron chi connectivity index (χ4n) is 1.91.